The number of hydrogen-bond donors (Lipinski definition) is 1. The molecule has 0 saturated heterocycles. The van der Waals surface area contributed by atoms with Crippen molar-refractivity contribution in [2.75, 3.05) is 0 Å². The molecule has 5 N–H and O–H groups in total. The first-order valence-corrected chi connectivity index (χ1v) is 5.71. The van der Waals surface area contributed by atoms with Gasteiger partial charge in [0.2, 0.25) is 0 Å². The summed E-state index contributed by atoms with van der Waals surface area (Å²) in [6.07, 6.45) is -5.68. The summed E-state index contributed by atoms with van der Waals surface area (Å²) in [5, 5.41) is 1.84. The van der Waals surface area contributed by atoms with Crippen LogP contribution < -0.4 is 10.7 Å². The van der Waals surface area contributed by atoms with Crippen molar-refractivity contribution in [1.29, 1.82) is 0 Å². The summed E-state index contributed by atoms with van der Waals surface area (Å²) in [7, 11) is 0. The van der Waals surface area contributed by atoms with Gasteiger partial charge in [-0.05, 0) is 26.2 Å². The SMILES string of the molecule is CC(C)(C)OC(=O)NB(c1ccccc1)C(F)(F)F.O.O. The standard InChI is InChI=1S/C12H15BF3NO2.2H2O/c1-11(2,3)19-10(18)17-13(12(14,15)16)9-7-5-4-6-8-9;;/h4-8H,1-3H3,(H,17,18);2*1H2. The molecule has 0 saturated carbocycles. The molecule has 0 spiro atoms. The lowest BCUT2D eigenvalue weighted by atomic mass is 9.55. The van der Waals surface area contributed by atoms with E-state index in [0.717, 1.165) is 0 Å². The van der Waals surface area contributed by atoms with Gasteiger partial charge in [-0.1, -0.05) is 30.3 Å². The fraction of sp³-hybridized carbons (Fsp3) is 0.417. The van der Waals surface area contributed by atoms with E-state index in [4.69, 9.17) is 4.74 Å². The van der Waals surface area contributed by atoms with Crippen LogP contribution in [0.4, 0.5) is 18.0 Å². The van der Waals surface area contributed by atoms with E-state index in [1.54, 1.807) is 26.8 Å². The Bertz CT molecular complexity index is 434. The van der Waals surface area contributed by atoms with Crippen molar-refractivity contribution < 1.29 is 33.7 Å². The lowest BCUT2D eigenvalue weighted by Gasteiger charge is -2.23. The highest BCUT2D eigenvalue weighted by molar-refractivity contribution is 6.74. The molecule has 0 radical (unpaired) electrons. The molecule has 21 heavy (non-hydrogen) atoms. The summed E-state index contributed by atoms with van der Waals surface area (Å²) in [5.74, 6) is 0. The van der Waals surface area contributed by atoms with Crippen LogP contribution in [-0.4, -0.2) is 35.6 Å². The van der Waals surface area contributed by atoms with Gasteiger partial charge in [-0.25, -0.2) is 4.79 Å². The molecule has 1 aromatic carbocycles. The van der Waals surface area contributed by atoms with Crippen molar-refractivity contribution >= 4 is 18.4 Å². The highest BCUT2D eigenvalue weighted by Gasteiger charge is 2.47. The van der Waals surface area contributed by atoms with Crippen LogP contribution in [-0.2, 0) is 4.74 Å². The van der Waals surface area contributed by atoms with Gasteiger partial charge in [0, 0.05) is 0 Å². The maximum absolute atomic E-state index is 12.9. The number of benzene rings is 1. The van der Waals surface area contributed by atoms with Gasteiger partial charge in [-0.3, -0.25) is 0 Å². The average molecular weight is 309 g/mol. The number of nitrogens with one attached hydrogen (secondary N) is 1. The van der Waals surface area contributed by atoms with E-state index in [0.29, 0.717) is 0 Å². The molecule has 0 heterocycles. The Labute approximate surface area is 121 Å². The second-order valence-corrected chi connectivity index (χ2v) is 5.03. The zero-order chi connectivity index (χ0) is 14.7. The molecule has 1 amide bonds. The number of carbonyl (C=O) groups is 1. The van der Waals surface area contributed by atoms with Crippen molar-refractivity contribution in [2.24, 2.45) is 0 Å². The van der Waals surface area contributed by atoms with E-state index in [2.05, 4.69) is 0 Å². The normalized spacial score (nSPS) is 10.8. The van der Waals surface area contributed by atoms with Gasteiger partial charge in [-0.2, -0.15) is 13.2 Å². The third-order valence-electron chi connectivity index (χ3n) is 2.12. The van der Waals surface area contributed by atoms with Crippen LogP contribution in [0.5, 0.6) is 0 Å². The van der Waals surface area contributed by atoms with Crippen LogP contribution in [0, 0.1) is 0 Å². The van der Waals surface area contributed by atoms with E-state index in [1.807, 2.05) is 5.23 Å². The Balaban J connectivity index is 0. The summed E-state index contributed by atoms with van der Waals surface area (Å²) in [6.45, 7) is 2.66. The molecule has 5 nitrogen and oxygen atoms in total. The van der Waals surface area contributed by atoms with Crippen molar-refractivity contribution in [3.05, 3.63) is 30.3 Å². The molecule has 0 atom stereocenters. The van der Waals surface area contributed by atoms with E-state index < -0.39 is 24.6 Å². The van der Waals surface area contributed by atoms with E-state index in [-0.39, 0.29) is 16.4 Å². The number of ether oxygens (including phenoxy) is 1. The molecule has 1 aromatic rings. The minimum Gasteiger partial charge on any atom is -0.445 e. The Hall–Kier alpha value is -1.74. The maximum Gasteiger partial charge on any atom is 0.418 e. The molecule has 120 valence electrons. The van der Waals surface area contributed by atoms with Gasteiger partial charge in [0.15, 0.2) is 0 Å². The van der Waals surface area contributed by atoms with Crippen LogP contribution >= 0.6 is 0 Å². The van der Waals surface area contributed by atoms with Crippen LogP contribution in [0.25, 0.3) is 0 Å². The molecule has 0 aromatic heterocycles. The molecule has 0 aliphatic rings. The van der Waals surface area contributed by atoms with Crippen molar-refractivity contribution in [2.45, 2.75) is 32.4 Å². The van der Waals surface area contributed by atoms with Crippen molar-refractivity contribution in [3.63, 3.8) is 0 Å². The average Bonchev–Trinajstić information content (AvgIpc) is 2.23. The predicted octanol–water partition coefficient (Wildman–Crippen LogP) is 0.862. The Morgan fingerprint density at radius 3 is 1.95 bits per heavy atom. The fourth-order valence-corrected chi connectivity index (χ4v) is 1.43. The zero-order valence-corrected chi connectivity index (χ0v) is 11.9. The second-order valence-electron chi connectivity index (χ2n) is 5.03. The Kier molecular flexibility index (Phi) is 8.10. The molecule has 0 aliphatic carbocycles. The quantitative estimate of drug-likeness (QED) is 0.819. The molecule has 0 aliphatic heterocycles. The molecule has 9 heteroatoms. The zero-order valence-electron chi connectivity index (χ0n) is 11.9. The van der Waals surface area contributed by atoms with E-state index in [9.17, 15) is 18.0 Å². The van der Waals surface area contributed by atoms with Gasteiger partial charge >= 0.3 is 19.0 Å². The number of halogens is 3. The number of carbonyl (C=O) groups excluding carboxylic acids is 1. The van der Waals surface area contributed by atoms with Gasteiger partial charge in [0.25, 0.3) is 0 Å². The lowest BCUT2D eigenvalue weighted by Crippen LogP contribution is -2.58. The largest absolute Gasteiger partial charge is 0.445 e. The first-order valence-electron chi connectivity index (χ1n) is 5.71. The van der Waals surface area contributed by atoms with Crippen molar-refractivity contribution in [1.82, 2.24) is 5.23 Å². The summed E-state index contributed by atoms with van der Waals surface area (Å²) in [5.41, 5.74) is -0.891. The fourth-order valence-electron chi connectivity index (χ4n) is 1.43. The van der Waals surface area contributed by atoms with Gasteiger partial charge in [0.05, 0.1) is 0 Å². The number of amides is 1. The summed E-state index contributed by atoms with van der Waals surface area (Å²) in [6, 6.07) is 7.16. The predicted molar refractivity (Wildman–Crippen MR) is 74.5 cm³/mol. The van der Waals surface area contributed by atoms with Gasteiger partial charge in [0.1, 0.15) is 5.60 Å². The molecule has 0 unspecified atom stereocenters. The Morgan fingerprint density at radius 2 is 1.57 bits per heavy atom. The number of alkyl halides is 3. The first kappa shape index (κ1) is 21.6. The molecular formula is C12H19BF3NO4. The van der Waals surface area contributed by atoms with Gasteiger partial charge < -0.3 is 20.9 Å². The lowest BCUT2D eigenvalue weighted by molar-refractivity contribution is -0.0522. The second kappa shape index (κ2) is 7.89. The number of rotatable bonds is 2. The molecule has 0 bridgehead atoms. The molecule has 0 fully saturated rings. The summed E-state index contributed by atoms with van der Waals surface area (Å²) < 4.78 is 43.6. The summed E-state index contributed by atoms with van der Waals surface area (Å²) >= 11 is 0. The highest BCUT2D eigenvalue weighted by Crippen LogP contribution is 2.18. The topological polar surface area (TPSA) is 101 Å². The van der Waals surface area contributed by atoms with Crippen LogP contribution in [0.1, 0.15) is 20.8 Å². The van der Waals surface area contributed by atoms with Crippen LogP contribution in [0.2, 0.25) is 0 Å². The minimum atomic E-state index is -4.59. The highest BCUT2D eigenvalue weighted by atomic mass is 19.4. The smallest absolute Gasteiger partial charge is 0.418 e. The summed E-state index contributed by atoms with van der Waals surface area (Å²) in [4.78, 5) is 11.5. The van der Waals surface area contributed by atoms with E-state index in [1.165, 1.54) is 24.3 Å². The third kappa shape index (κ3) is 7.57. The maximum atomic E-state index is 12.9. The number of hydrogen-bond acceptors (Lipinski definition) is 2. The van der Waals surface area contributed by atoms with Gasteiger partial charge in [-0.15, -0.1) is 0 Å². The van der Waals surface area contributed by atoms with Crippen molar-refractivity contribution in [3.8, 4) is 0 Å². The minimum absolute atomic E-state index is 0. The molecule has 1 rings (SSSR count). The van der Waals surface area contributed by atoms with E-state index >= 15 is 0 Å². The van der Waals surface area contributed by atoms with Crippen LogP contribution in [0.3, 0.4) is 0 Å². The van der Waals surface area contributed by atoms with Crippen LogP contribution in [0.15, 0.2) is 30.3 Å². The Morgan fingerprint density at radius 1 is 1.10 bits per heavy atom. The third-order valence-corrected chi connectivity index (χ3v) is 2.12. The molecular weight excluding hydrogens is 290 g/mol. The monoisotopic (exact) mass is 309 g/mol. The first-order chi connectivity index (χ1) is 8.59.